The van der Waals surface area contributed by atoms with Gasteiger partial charge in [-0.05, 0) is 36.5 Å². The molecule has 0 aliphatic carbocycles. The molecule has 2 aliphatic heterocycles. The van der Waals surface area contributed by atoms with E-state index in [0.717, 1.165) is 30.6 Å². The van der Waals surface area contributed by atoms with Gasteiger partial charge in [-0.15, -0.1) is 0 Å². The van der Waals surface area contributed by atoms with E-state index in [1.165, 1.54) is 16.7 Å². The summed E-state index contributed by atoms with van der Waals surface area (Å²) in [5.74, 6) is 0.174. The first-order chi connectivity index (χ1) is 11.8. The number of amides is 1. The van der Waals surface area contributed by atoms with Crippen molar-refractivity contribution in [2.75, 3.05) is 11.4 Å². The van der Waals surface area contributed by atoms with Gasteiger partial charge in [0.25, 0.3) is 0 Å². The number of carbonyl (C=O) groups excluding carboxylic acids is 1. The fourth-order valence-corrected chi connectivity index (χ4v) is 3.58. The van der Waals surface area contributed by atoms with Gasteiger partial charge in [0.1, 0.15) is 0 Å². The number of para-hydroxylation sites is 1. The first-order valence-corrected chi connectivity index (χ1v) is 9.30. The molecular weight excluding hydrogens is 306 g/mol. The normalized spacial score (nSPS) is 16.6. The maximum absolute atomic E-state index is 12.8. The zero-order valence-corrected chi connectivity index (χ0v) is 15.6. The van der Waals surface area contributed by atoms with E-state index in [1.807, 2.05) is 45.6 Å². The van der Waals surface area contributed by atoms with Gasteiger partial charge in [0.15, 0.2) is 0 Å². The summed E-state index contributed by atoms with van der Waals surface area (Å²) < 4.78 is 0. The van der Waals surface area contributed by atoms with Gasteiger partial charge in [-0.25, -0.2) is 0 Å². The van der Waals surface area contributed by atoms with Gasteiger partial charge in [0, 0.05) is 12.1 Å². The molecule has 136 valence electrons. The first-order valence-electron chi connectivity index (χ1n) is 9.30. The van der Waals surface area contributed by atoms with Crippen LogP contribution >= 0.6 is 0 Å². The maximum Gasteiger partial charge on any atom is 0.234 e. The van der Waals surface area contributed by atoms with Crippen LogP contribution in [0.2, 0.25) is 0 Å². The fourth-order valence-electron chi connectivity index (χ4n) is 3.58. The number of benzene rings is 2. The van der Waals surface area contributed by atoms with Crippen LogP contribution in [0.1, 0.15) is 65.5 Å². The molecule has 2 nitrogen and oxygen atoms in total. The third-order valence-electron chi connectivity index (χ3n) is 4.57. The Labute approximate surface area is 153 Å². The zero-order chi connectivity index (χ0) is 17.7. The Bertz CT molecular complexity index is 705. The zero-order valence-electron chi connectivity index (χ0n) is 15.6. The molecule has 1 unspecified atom stereocenters. The monoisotopic (exact) mass is 339 g/mol. The third-order valence-corrected chi connectivity index (χ3v) is 4.57. The topological polar surface area (TPSA) is 20.3 Å². The molecule has 0 saturated carbocycles. The minimum Gasteiger partial charge on any atom is -0.311 e. The Kier molecular flexibility index (Phi) is 7.89. The molecule has 0 radical (unpaired) electrons. The van der Waals surface area contributed by atoms with Crippen molar-refractivity contribution in [3.05, 3.63) is 53.6 Å². The largest absolute Gasteiger partial charge is 0.311 e. The van der Waals surface area contributed by atoms with E-state index in [1.54, 1.807) is 0 Å². The number of rotatable bonds is 0. The first kappa shape index (κ1) is 21.0. The number of hydrogen-bond acceptors (Lipinski definition) is 1. The number of aryl methyl sites for hydroxylation is 1. The molecule has 2 aromatic rings. The van der Waals surface area contributed by atoms with Crippen LogP contribution in [0.15, 0.2) is 42.5 Å². The van der Waals surface area contributed by atoms with Crippen LogP contribution in [0.4, 0.5) is 5.69 Å². The summed E-state index contributed by atoms with van der Waals surface area (Å²) in [4.78, 5) is 14.8. The van der Waals surface area contributed by atoms with Crippen molar-refractivity contribution in [2.45, 2.75) is 60.8 Å². The highest BCUT2D eigenvalue weighted by atomic mass is 16.2. The van der Waals surface area contributed by atoms with Gasteiger partial charge in [0.05, 0.1) is 11.6 Å². The SMILES string of the molecule is C.CC.CC.CC1C(=O)N2CCCc3cccc(c32)-c2ccccc21. The summed E-state index contributed by atoms with van der Waals surface area (Å²) in [5.41, 5.74) is 6.05. The molecule has 2 heteroatoms. The lowest BCUT2D eigenvalue weighted by Crippen LogP contribution is -2.37. The van der Waals surface area contributed by atoms with Crippen LogP contribution in [-0.4, -0.2) is 12.5 Å². The Balaban J connectivity index is 0.000000586. The van der Waals surface area contributed by atoms with Gasteiger partial charge < -0.3 is 4.90 Å². The highest BCUT2D eigenvalue weighted by Crippen LogP contribution is 2.44. The Morgan fingerprint density at radius 1 is 0.920 bits per heavy atom. The quantitative estimate of drug-likeness (QED) is 0.541. The molecule has 0 aromatic heterocycles. The fraction of sp³-hybridized carbons (Fsp3) is 0.435. The molecular formula is C23H33NO. The number of anilines is 1. The van der Waals surface area contributed by atoms with Gasteiger partial charge in [-0.1, -0.05) is 77.6 Å². The van der Waals surface area contributed by atoms with Crippen molar-refractivity contribution in [1.29, 1.82) is 0 Å². The van der Waals surface area contributed by atoms with E-state index in [0.29, 0.717) is 0 Å². The van der Waals surface area contributed by atoms with Crippen molar-refractivity contribution in [1.82, 2.24) is 0 Å². The second-order valence-corrected chi connectivity index (χ2v) is 5.72. The van der Waals surface area contributed by atoms with Crippen molar-refractivity contribution >= 4 is 11.6 Å². The second kappa shape index (κ2) is 9.41. The van der Waals surface area contributed by atoms with Crippen molar-refractivity contribution in [2.24, 2.45) is 0 Å². The summed E-state index contributed by atoms with van der Waals surface area (Å²) in [7, 11) is 0. The van der Waals surface area contributed by atoms with Crippen LogP contribution in [0.25, 0.3) is 11.1 Å². The van der Waals surface area contributed by atoms with Crippen molar-refractivity contribution in [3.63, 3.8) is 0 Å². The van der Waals surface area contributed by atoms with Gasteiger partial charge >= 0.3 is 0 Å². The lowest BCUT2D eigenvalue weighted by atomic mass is 9.91. The lowest BCUT2D eigenvalue weighted by molar-refractivity contribution is -0.119. The van der Waals surface area contributed by atoms with Gasteiger partial charge in [-0.3, -0.25) is 4.79 Å². The summed E-state index contributed by atoms with van der Waals surface area (Å²) in [5, 5.41) is 0. The highest BCUT2D eigenvalue weighted by Gasteiger charge is 2.33. The minimum atomic E-state index is -0.0652. The summed E-state index contributed by atoms with van der Waals surface area (Å²) in [6.07, 6.45) is 2.13. The van der Waals surface area contributed by atoms with E-state index >= 15 is 0 Å². The Hall–Kier alpha value is -2.09. The molecule has 2 heterocycles. The molecule has 2 aromatic carbocycles. The van der Waals surface area contributed by atoms with Gasteiger partial charge in [-0.2, -0.15) is 0 Å². The number of carbonyl (C=O) groups is 1. The van der Waals surface area contributed by atoms with E-state index in [2.05, 4.69) is 36.4 Å². The van der Waals surface area contributed by atoms with Crippen LogP contribution in [0, 0.1) is 0 Å². The average Bonchev–Trinajstić information content (AvgIpc) is 2.77. The second-order valence-electron chi connectivity index (χ2n) is 5.72. The third kappa shape index (κ3) is 3.63. The lowest BCUT2D eigenvalue weighted by Gasteiger charge is -2.31. The molecule has 0 bridgehead atoms. The summed E-state index contributed by atoms with van der Waals surface area (Å²) in [6, 6.07) is 14.8. The smallest absolute Gasteiger partial charge is 0.234 e. The molecule has 1 atom stereocenters. The van der Waals surface area contributed by atoms with Crippen LogP contribution < -0.4 is 4.90 Å². The maximum atomic E-state index is 12.8. The standard InChI is InChI=1S/C18H17NO.2C2H6.CH4/c1-12-14-8-2-3-9-15(14)16-10-4-6-13-7-5-11-19(17(13)16)18(12)20;2*1-2;/h2-4,6,8-10,12H,5,7,11H2,1H3;2*1-2H3;1H4. The average molecular weight is 340 g/mol. The Morgan fingerprint density at radius 3 is 2.28 bits per heavy atom. The number of fused-ring (bicyclic) bond motifs is 2. The molecule has 0 saturated heterocycles. The van der Waals surface area contributed by atoms with E-state index < -0.39 is 0 Å². The van der Waals surface area contributed by atoms with Crippen LogP contribution in [0.5, 0.6) is 0 Å². The molecule has 0 N–H and O–H groups in total. The van der Waals surface area contributed by atoms with Crippen LogP contribution in [0.3, 0.4) is 0 Å². The van der Waals surface area contributed by atoms with E-state index in [9.17, 15) is 4.79 Å². The van der Waals surface area contributed by atoms with Crippen molar-refractivity contribution in [3.8, 4) is 11.1 Å². The molecule has 4 rings (SSSR count). The van der Waals surface area contributed by atoms with E-state index in [4.69, 9.17) is 0 Å². The molecule has 0 spiro atoms. The molecule has 2 aliphatic rings. The van der Waals surface area contributed by atoms with E-state index in [-0.39, 0.29) is 19.3 Å². The Morgan fingerprint density at radius 2 is 1.56 bits per heavy atom. The van der Waals surface area contributed by atoms with Crippen molar-refractivity contribution < 1.29 is 4.79 Å². The summed E-state index contributed by atoms with van der Waals surface area (Å²) >= 11 is 0. The molecule has 0 fully saturated rings. The summed E-state index contributed by atoms with van der Waals surface area (Å²) in [6.45, 7) is 10.9. The molecule has 1 amide bonds. The van der Waals surface area contributed by atoms with Gasteiger partial charge in [0.2, 0.25) is 5.91 Å². The predicted molar refractivity (Wildman–Crippen MR) is 110 cm³/mol. The number of nitrogens with zero attached hydrogens (tertiary/aromatic N) is 1. The highest BCUT2D eigenvalue weighted by molar-refractivity contribution is 6.06. The number of hydrogen-bond donors (Lipinski definition) is 0. The minimum absolute atomic E-state index is 0. The predicted octanol–water partition coefficient (Wildman–Crippen LogP) is 6.44. The molecule has 25 heavy (non-hydrogen) atoms. The van der Waals surface area contributed by atoms with Crippen LogP contribution in [-0.2, 0) is 11.2 Å².